The zero-order chi connectivity index (χ0) is 16.6. The molecule has 3 rings (SSSR count). The van der Waals surface area contributed by atoms with Crippen LogP contribution in [0.4, 0.5) is 5.69 Å². The summed E-state index contributed by atoms with van der Waals surface area (Å²) in [6, 6.07) is 12.5. The average molecular weight is 372 g/mol. The Morgan fingerprint density at radius 2 is 1.87 bits per heavy atom. The number of hydrogen-bond acceptors (Lipinski definition) is 3. The van der Waals surface area contributed by atoms with E-state index in [1.54, 1.807) is 35.9 Å². The van der Waals surface area contributed by atoms with E-state index in [-0.39, 0.29) is 5.88 Å². The van der Waals surface area contributed by atoms with E-state index in [0.717, 1.165) is 20.9 Å². The van der Waals surface area contributed by atoms with Crippen LogP contribution in [0.15, 0.2) is 57.2 Å². The minimum atomic E-state index is -0.457. The Labute approximate surface area is 141 Å². The average Bonchev–Trinajstić information content (AvgIpc) is 2.78. The summed E-state index contributed by atoms with van der Waals surface area (Å²) in [5, 5.41) is 18.8. The molecule has 1 amide bonds. The van der Waals surface area contributed by atoms with Crippen molar-refractivity contribution in [2.75, 3.05) is 0 Å². The van der Waals surface area contributed by atoms with Gasteiger partial charge in [-0.1, -0.05) is 34.1 Å². The van der Waals surface area contributed by atoms with E-state index < -0.39 is 5.91 Å². The van der Waals surface area contributed by atoms with Crippen LogP contribution in [0.2, 0.25) is 0 Å². The number of carbonyl (C=O) groups is 1. The fourth-order valence-electron chi connectivity index (χ4n) is 2.52. The molecule has 1 heterocycles. The predicted octanol–water partition coefficient (Wildman–Crippen LogP) is 4.88. The molecule has 0 atom stereocenters. The van der Waals surface area contributed by atoms with Gasteiger partial charge in [-0.05, 0) is 36.8 Å². The fraction of sp³-hybridized carbons (Fsp3) is 0.118. The molecule has 1 N–H and O–H groups in total. The second-order valence-electron chi connectivity index (χ2n) is 5.21. The monoisotopic (exact) mass is 371 g/mol. The third kappa shape index (κ3) is 2.77. The number of aromatic nitrogens is 1. The van der Waals surface area contributed by atoms with Crippen molar-refractivity contribution in [1.29, 1.82) is 0 Å². The van der Waals surface area contributed by atoms with Crippen molar-refractivity contribution < 1.29 is 9.90 Å². The summed E-state index contributed by atoms with van der Waals surface area (Å²) in [5.41, 5.74) is 2.63. The lowest BCUT2D eigenvalue weighted by molar-refractivity contribution is 0.0995. The van der Waals surface area contributed by atoms with Gasteiger partial charge in [0.25, 0.3) is 5.91 Å². The molecular formula is C17H14BrN3O2. The lowest BCUT2D eigenvalue weighted by Crippen LogP contribution is -1.92. The SMILES string of the molecule is Cc1cccc2c(N=NC(=O)c3ccc(Br)cc3)c(O)n(C)c12. The Morgan fingerprint density at radius 1 is 1.17 bits per heavy atom. The fourth-order valence-corrected chi connectivity index (χ4v) is 2.79. The van der Waals surface area contributed by atoms with E-state index in [9.17, 15) is 9.90 Å². The molecule has 116 valence electrons. The quantitative estimate of drug-likeness (QED) is 0.652. The van der Waals surface area contributed by atoms with Gasteiger partial charge in [0.2, 0.25) is 5.88 Å². The molecular weight excluding hydrogens is 358 g/mol. The van der Waals surface area contributed by atoms with Crippen LogP contribution in [0.25, 0.3) is 10.9 Å². The summed E-state index contributed by atoms with van der Waals surface area (Å²) in [4.78, 5) is 12.1. The maximum Gasteiger partial charge on any atom is 0.295 e. The highest BCUT2D eigenvalue weighted by molar-refractivity contribution is 9.10. The minimum absolute atomic E-state index is 0.0124. The number of fused-ring (bicyclic) bond motifs is 1. The number of amides is 1. The normalized spacial score (nSPS) is 11.4. The number of aromatic hydroxyl groups is 1. The third-order valence-corrected chi connectivity index (χ3v) is 4.22. The lowest BCUT2D eigenvalue weighted by Gasteiger charge is -1.99. The maximum atomic E-state index is 12.1. The Kier molecular flexibility index (Phi) is 4.00. The van der Waals surface area contributed by atoms with E-state index in [0.29, 0.717) is 11.3 Å². The molecule has 5 nitrogen and oxygen atoms in total. The first-order valence-corrected chi connectivity index (χ1v) is 7.77. The van der Waals surface area contributed by atoms with Crippen LogP contribution in [-0.4, -0.2) is 15.6 Å². The van der Waals surface area contributed by atoms with Gasteiger partial charge in [0, 0.05) is 22.5 Å². The second-order valence-corrected chi connectivity index (χ2v) is 6.13. The van der Waals surface area contributed by atoms with E-state index in [4.69, 9.17) is 0 Å². The van der Waals surface area contributed by atoms with E-state index in [1.165, 1.54) is 0 Å². The zero-order valence-electron chi connectivity index (χ0n) is 12.6. The molecule has 0 spiro atoms. The number of para-hydroxylation sites is 1. The van der Waals surface area contributed by atoms with Crippen LogP contribution < -0.4 is 0 Å². The summed E-state index contributed by atoms with van der Waals surface area (Å²) < 4.78 is 2.52. The topological polar surface area (TPSA) is 66.9 Å². The molecule has 0 unspecified atom stereocenters. The van der Waals surface area contributed by atoms with Gasteiger partial charge < -0.3 is 9.67 Å². The highest BCUT2D eigenvalue weighted by atomic mass is 79.9. The van der Waals surface area contributed by atoms with Crippen LogP contribution in [0.5, 0.6) is 5.88 Å². The summed E-state index contributed by atoms with van der Waals surface area (Å²) in [5.74, 6) is -0.469. The molecule has 0 bridgehead atoms. The number of benzene rings is 2. The highest BCUT2D eigenvalue weighted by Gasteiger charge is 2.16. The van der Waals surface area contributed by atoms with Gasteiger partial charge in [0.05, 0.1) is 5.52 Å². The van der Waals surface area contributed by atoms with E-state index >= 15 is 0 Å². The molecule has 0 aliphatic rings. The van der Waals surface area contributed by atoms with Crippen LogP contribution in [-0.2, 0) is 7.05 Å². The maximum absolute atomic E-state index is 12.1. The molecule has 0 aliphatic carbocycles. The molecule has 2 aromatic carbocycles. The van der Waals surface area contributed by atoms with Crippen molar-refractivity contribution in [3.8, 4) is 5.88 Å². The molecule has 23 heavy (non-hydrogen) atoms. The van der Waals surface area contributed by atoms with Gasteiger partial charge in [-0.25, -0.2) is 0 Å². The molecule has 0 saturated carbocycles. The first kappa shape index (κ1) is 15.4. The van der Waals surface area contributed by atoms with E-state index in [1.807, 2.05) is 25.1 Å². The van der Waals surface area contributed by atoms with Gasteiger partial charge in [0.15, 0.2) is 5.69 Å². The number of hydrogen-bond donors (Lipinski definition) is 1. The third-order valence-electron chi connectivity index (χ3n) is 3.69. The van der Waals surface area contributed by atoms with Crippen molar-refractivity contribution in [2.45, 2.75) is 6.92 Å². The summed E-state index contributed by atoms with van der Waals surface area (Å²) in [6.07, 6.45) is 0. The molecule has 1 aromatic heterocycles. The van der Waals surface area contributed by atoms with Crippen molar-refractivity contribution >= 4 is 38.4 Å². The molecule has 6 heteroatoms. The van der Waals surface area contributed by atoms with Crippen molar-refractivity contribution in [2.24, 2.45) is 17.3 Å². The van der Waals surface area contributed by atoms with Crippen LogP contribution in [0.1, 0.15) is 15.9 Å². The van der Waals surface area contributed by atoms with Crippen molar-refractivity contribution in [1.82, 2.24) is 4.57 Å². The van der Waals surface area contributed by atoms with Gasteiger partial charge in [-0.15, -0.1) is 10.2 Å². The van der Waals surface area contributed by atoms with Crippen LogP contribution in [0.3, 0.4) is 0 Å². The Bertz CT molecular complexity index is 927. The Balaban J connectivity index is 2.01. The Hall–Kier alpha value is -2.47. The smallest absolute Gasteiger partial charge is 0.295 e. The molecule has 0 saturated heterocycles. The first-order chi connectivity index (χ1) is 11.0. The number of azo groups is 1. The van der Waals surface area contributed by atoms with Gasteiger partial charge in [0.1, 0.15) is 0 Å². The summed E-state index contributed by atoms with van der Waals surface area (Å²) in [6.45, 7) is 1.95. The summed E-state index contributed by atoms with van der Waals surface area (Å²) >= 11 is 3.32. The van der Waals surface area contributed by atoms with E-state index in [2.05, 4.69) is 26.2 Å². The zero-order valence-corrected chi connectivity index (χ0v) is 14.2. The van der Waals surface area contributed by atoms with Gasteiger partial charge >= 0.3 is 0 Å². The van der Waals surface area contributed by atoms with Gasteiger partial charge in [-0.2, -0.15) is 0 Å². The molecule has 0 radical (unpaired) electrons. The number of rotatable bonds is 2. The number of halogens is 1. The number of carbonyl (C=O) groups excluding carboxylic acids is 1. The minimum Gasteiger partial charge on any atom is -0.493 e. The van der Waals surface area contributed by atoms with Crippen LogP contribution in [0, 0.1) is 6.92 Å². The lowest BCUT2D eigenvalue weighted by atomic mass is 10.1. The standard InChI is InChI=1S/C17H14BrN3O2/c1-10-4-3-5-13-14(17(23)21(2)15(10)13)19-20-16(22)11-6-8-12(18)9-7-11/h3-9,23H,1-2H3. The highest BCUT2D eigenvalue weighted by Crippen LogP contribution is 2.39. The van der Waals surface area contributed by atoms with Crippen LogP contribution >= 0.6 is 15.9 Å². The molecule has 3 aromatic rings. The molecule has 0 aliphatic heterocycles. The van der Waals surface area contributed by atoms with Crippen molar-refractivity contribution in [3.05, 3.63) is 58.1 Å². The van der Waals surface area contributed by atoms with Crippen molar-refractivity contribution in [3.63, 3.8) is 0 Å². The predicted molar refractivity (Wildman–Crippen MR) is 92.3 cm³/mol. The Morgan fingerprint density at radius 3 is 2.57 bits per heavy atom. The number of aryl methyl sites for hydroxylation is 2. The van der Waals surface area contributed by atoms with Gasteiger partial charge in [-0.3, -0.25) is 4.79 Å². The first-order valence-electron chi connectivity index (χ1n) is 6.97. The summed E-state index contributed by atoms with van der Waals surface area (Å²) in [7, 11) is 1.75. The second kappa shape index (κ2) is 5.96. The molecule has 0 fully saturated rings. The number of nitrogens with zero attached hydrogens (tertiary/aromatic N) is 3. The largest absolute Gasteiger partial charge is 0.493 e.